The summed E-state index contributed by atoms with van der Waals surface area (Å²) < 4.78 is 0. The molecule has 6 heteroatoms. The number of carbonyl (C=O) groups is 2. The number of hydrogen-bond acceptors (Lipinski definition) is 4. The molecule has 1 heterocycles. The zero-order valence-corrected chi connectivity index (χ0v) is 18.0. The molecule has 1 fully saturated rings. The molecule has 0 saturated carbocycles. The van der Waals surface area contributed by atoms with Crippen LogP contribution in [0.4, 0.5) is 5.69 Å². The minimum atomic E-state index is -0.0343. The van der Waals surface area contributed by atoms with E-state index in [1.807, 2.05) is 30.9 Å². The molecule has 0 atom stereocenters. The number of rotatable bonds is 7. The third-order valence-corrected chi connectivity index (χ3v) is 5.71. The molecular formula is C24H32N4O2. The third-order valence-electron chi connectivity index (χ3n) is 5.71. The van der Waals surface area contributed by atoms with Gasteiger partial charge < -0.3 is 20.4 Å². The van der Waals surface area contributed by atoms with Gasteiger partial charge in [0.15, 0.2) is 0 Å². The van der Waals surface area contributed by atoms with Crippen molar-refractivity contribution in [2.75, 3.05) is 44.2 Å². The summed E-state index contributed by atoms with van der Waals surface area (Å²) in [6.45, 7) is 8.43. The van der Waals surface area contributed by atoms with Crippen LogP contribution in [0.5, 0.6) is 0 Å². The van der Waals surface area contributed by atoms with E-state index in [-0.39, 0.29) is 18.4 Å². The lowest BCUT2D eigenvalue weighted by Crippen LogP contribution is -2.48. The Morgan fingerprint density at radius 3 is 2.27 bits per heavy atom. The quantitative estimate of drug-likeness (QED) is 0.765. The molecule has 0 unspecified atom stereocenters. The Bertz CT molecular complexity index is 858. The highest BCUT2D eigenvalue weighted by molar-refractivity contribution is 5.78. The summed E-state index contributed by atoms with van der Waals surface area (Å²) in [5, 5.41) is 0. The van der Waals surface area contributed by atoms with Gasteiger partial charge in [-0.3, -0.25) is 9.59 Å². The molecule has 30 heavy (non-hydrogen) atoms. The molecule has 2 amide bonds. The summed E-state index contributed by atoms with van der Waals surface area (Å²) >= 11 is 0. The summed E-state index contributed by atoms with van der Waals surface area (Å²) in [6.07, 6.45) is 0.574. The van der Waals surface area contributed by atoms with Gasteiger partial charge in [0.05, 0.1) is 6.54 Å². The van der Waals surface area contributed by atoms with Gasteiger partial charge in [0.2, 0.25) is 11.8 Å². The smallest absolute Gasteiger partial charge is 0.236 e. The minimum Gasteiger partial charge on any atom is -0.368 e. The molecule has 2 aromatic rings. The van der Waals surface area contributed by atoms with Gasteiger partial charge in [-0.15, -0.1) is 0 Å². The first kappa shape index (κ1) is 21.8. The predicted octanol–water partition coefficient (Wildman–Crippen LogP) is 2.72. The first-order valence-corrected chi connectivity index (χ1v) is 10.8. The molecule has 0 radical (unpaired) electrons. The van der Waals surface area contributed by atoms with E-state index in [0.29, 0.717) is 19.5 Å². The molecule has 0 spiro atoms. The Labute approximate surface area is 179 Å². The maximum absolute atomic E-state index is 11.9. The first-order chi connectivity index (χ1) is 14.5. The highest BCUT2D eigenvalue weighted by atomic mass is 16.2. The molecule has 0 aromatic heterocycles. The van der Waals surface area contributed by atoms with Crippen molar-refractivity contribution >= 4 is 17.5 Å². The van der Waals surface area contributed by atoms with Crippen molar-refractivity contribution in [3.05, 3.63) is 54.1 Å². The summed E-state index contributed by atoms with van der Waals surface area (Å²) in [6, 6.07) is 16.9. The van der Waals surface area contributed by atoms with E-state index in [4.69, 9.17) is 5.73 Å². The number of nitrogens with two attached hydrogens (primary N) is 1. The van der Waals surface area contributed by atoms with Crippen LogP contribution in [0, 0.1) is 0 Å². The van der Waals surface area contributed by atoms with E-state index in [2.05, 4.69) is 41.3 Å². The van der Waals surface area contributed by atoms with Gasteiger partial charge in [-0.2, -0.15) is 0 Å². The summed E-state index contributed by atoms with van der Waals surface area (Å²) in [4.78, 5) is 29.8. The van der Waals surface area contributed by atoms with Gasteiger partial charge in [-0.25, -0.2) is 0 Å². The first-order valence-electron chi connectivity index (χ1n) is 10.8. The standard InChI is InChI=1S/C24H32N4O2/c1-3-23(29)28-14-12-27(13-15-28)22-10-8-20(9-11-22)21-7-5-6-19(16-21)18-26(4-2)24(30)17-25/h5-11,16H,3-4,12-15,17-18,25H2,1-2H3. The fourth-order valence-electron chi connectivity index (χ4n) is 3.88. The van der Waals surface area contributed by atoms with Gasteiger partial charge >= 0.3 is 0 Å². The normalized spacial score (nSPS) is 14.0. The van der Waals surface area contributed by atoms with E-state index >= 15 is 0 Å². The van der Waals surface area contributed by atoms with Crippen LogP contribution < -0.4 is 10.6 Å². The second-order valence-electron chi connectivity index (χ2n) is 7.58. The molecular weight excluding hydrogens is 376 g/mol. The van der Waals surface area contributed by atoms with Crippen molar-refractivity contribution in [2.45, 2.75) is 26.8 Å². The maximum atomic E-state index is 11.9. The molecule has 6 nitrogen and oxygen atoms in total. The Kier molecular flexibility index (Phi) is 7.46. The zero-order valence-electron chi connectivity index (χ0n) is 18.0. The van der Waals surface area contributed by atoms with Crippen molar-refractivity contribution in [1.82, 2.24) is 9.80 Å². The number of amides is 2. The second-order valence-corrected chi connectivity index (χ2v) is 7.58. The van der Waals surface area contributed by atoms with E-state index in [0.717, 1.165) is 42.9 Å². The lowest BCUT2D eigenvalue weighted by Gasteiger charge is -2.36. The van der Waals surface area contributed by atoms with Gasteiger partial charge in [0.1, 0.15) is 0 Å². The SMILES string of the molecule is CCC(=O)N1CCN(c2ccc(-c3cccc(CN(CC)C(=O)CN)c3)cc2)CC1. The number of benzene rings is 2. The van der Waals surface area contributed by atoms with Crippen molar-refractivity contribution in [2.24, 2.45) is 5.73 Å². The summed E-state index contributed by atoms with van der Waals surface area (Å²) in [7, 11) is 0. The van der Waals surface area contributed by atoms with Crippen LogP contribution in [0.3, 0.4) is 0 Å². The highest BCUT2D eigenvalue weighted by Gasteiger charge is 2.20. The Morgan fingerprint density at radius 1 is 0.967 bits per heavy atom. The van der Waals surface area contributed by atoms with Gasteiger partial charge in [-0.1, -0.05) is 37.3 Å². The second kappa shape index (κ2) is 10.3. The molecule has 2 aromatic carbocycles. The average molecular weight is 409 g/mol. The van der Waals surface area contributed by atoms with Gasteiger partial charge in [0.25, 0.3) is 0 Å². The van der Waals surface area contributed by atoms with E-state index < -0.39 is 0 Å². The fourth-order valence-corrected chi connectivity index (χ4v) is 3.88. The van der Waals surface area contributed by atoms with E-state index in [1.165, 1.54) is 5.69 Å². The van der Waals surface area contributed by atoms with Crippen LogP contribution in [0.25, 0.3) is 11.1 Å². The summed E-state index contributed by atoms with van der Waals surface area (Å²) in [5.41, 5.74) is 10.1. The molecule has 1 aliphatic heterocycles. The van der Waals surface area contributed by atoms with Crippen LogP contribution in [-0.4, -0.2) is 60.9 Å². The molecule has 160 valence electrons. The van der Waals surface area contributed by atoms with Crippen molar-refractivity contribution in [3.8, 4) is 11.1 Å². The topological polar surface area (TPSA) is 69.9 Å². The van der Waals surface area contributed by atoms with Crippen LogP contribution in [0.15, 0.2) is 48.5 Å². The Morgan fingerprint density at radius 2 is 1.67 bits per heavy atom. The van der Waals surface area contributed by atoms with Crippen LogP contribution in [0.1, 0.15) is 25.8 Å². The highest BCUT2D eigenvalue weighted by Crippen LogP contribution is 2.25. The Balaban J connectivity index is 1.67. The number of carbonyl (C=O) groups excluding carboxylic acids is 2. The number of likely N-dealkylation sites (N-methyl/N-ethyl adjacent to an activating group) is 1. The number of nitrogens with zero attached hydrogens (tertiary/aromatic N) is 3. The third kappa shape index (κ3) is 5.19. The molecule has 3 rings (SSSR count). The van der Waals surface area contributed by atoms with Crippen molar-refractivity contribution in [3.63, 3.8) is 0 Å². The minimum absolute atomic E-state index is 0.0343. The van der Waals surface area contributed by atoms with E-state index in [9.17, 15) is 9.59 Å². The lowest BCUT2D eigenvalue weighted by molar-refractivity contribution is -0.131. The molecule has 1 saturated heterocycles. The lowest BCUT2D eigenvalue weighted by atomic mass is 10.0. The van der Waals surface area contributed by atoms with Crippen LogP contribution in [-0.2, 0) is 16.1 Å². The molecule has 1 aliphatic rings. The van der Waals surface area contributed by atoms with Gasteiger partial charge in [-0.05, 0) is 41.8 Å². The largest absolute Gasteiger partial charge is 0.368 e. The predicted molar refractivity (Wildman–Crippen MR) is 121 cm³/mol. The van der Waals surface area contributed by atoms with Crippen LogP contribution in [0.2, 0.25) is 0 Å². The fraction of sp³-hybridized carbons (Fsp3) is 0.417. The molecule has 0 aliphatic carbocycles. The molecule has 2 N–H and O–H groups in total. The van der Waals surface area contributed by atoms with Crippen LogP contribution >= 0.6 is 0 Å². The number of anilines is 1. The average Bonchev–Trinajstić information content (AvgIpc) is 2.82. The van der Waals surface area contributed by atoms with Crippen molar-refractivity contribution < 1.29 is 9.59 Å². The number of piperazine rings is 1. The zero-order chi connectivity index (χ0) is 21.5. The monoisotopic (exact) mass is 408 g/mol. The maximum Gasteiger partial charge on any atom is 0.236 e. The summed E-state index contributed by atoms with van der Waals surface area (Å²) in [5.74, 6) is 0.202. The number of hydrogen-bond donors (Lipinski definition) is 1. The molecule has 0 bridgehead atoms. The Hall–Kier alpha value is -2.86. The van der Waals surface area contributed by atoms with Gasteiger partial charge in [0, 0.05) is 51.4 Å². The van der Waals surface area contributed by atoms with E-state index in [1.54, 1.807) is 4.90 Å². The van der Waals surface area contributed by atoms with Crippen molar-refractivity contribution in [1.29, 1.82) is 0 Å².